The van der Waals surface area contributed by atoms with Crippen LogP contribution in [0.25, 0.3) is 10.8 Å². The number of aldehydes is 1. The standard InChI is InChI=1S/C21H18BrNO3/c1-23(12-16-7-3-5-9-19(16)22)21(25)14-26-20-11-10-15-6-2-4-8-17(15)18(20)13-24/h2-11,13H,12,14H2,1H3. The van der Waals surface area contributed by atoms with Crippen molar-refractivity contribution < 1.29 is 14.3 Å². The molecule has 4 nitrogen and oxygen atoms in total. The van der Waals surface area contributed by atoms with Gasteiger partial charge in [-0.15, -0.1) is 0 Å². The molecule has 0 fully saturated rings. The minimum atomic E-state index is -0.161. The molecule has 0 saturated carbocycles. The number of carbonyl (C=O) groups excluding carboxylic acids is 2. The van der Waals surface area contributed by atoms with Crippen molar-refractivity contribution in [2.45, 2.75) is 6.54 Å². The van der Waals surface area contributed by atoms with Crippen LogP contribution in [0.4, 0.5) is 0 Å². The third-order valence-electron chi connectivity index (χ3n) is 4.19. The van der Waals surface area contributed by atoms with Gasteiger partial charge >= 0.3 is 0 Å². The third-order valence-corrected chi connectivity index (χ3v) is 4.96. The zero-order chi connectivity index (χ0) is 18.5. The number of carbonyl (C=O) groups is 2. The van der Waals surface area contributed by atoms with Crippen LogP contribution in [0.1, 0.15) is 15.9 Å². The van der Waals surface area contributed by atoms with Gasteiger partial charge in [-0.1, -0.05) is 64.5 Å². The van der Waals surface area contributed by atoms with Crippen molar-refractivity contribution in [2.75, 3.05) is 13.7 Å². The Morgan fingerprint density at radius 2 is 1.81 bits per heavy atom. The Labute approximate surface area is 160 Å². The summed E-state index contributed by atoms with van der Waals surface area (Å²) in [5, 5.41) is 1.77. The van der Waals surface area contributed by atoms with Crippen LogP contribution in [0.15, 0.2) is 65.1 Å². The van der Waals surface area contributed by atoms with Gasteiger partial charge in [-0.3, -0.25) is 9.59 Å². The molecular formula is C21H18BrNO3. The van der Waals surface area contributed by atoms with Crippen molar-refractivity contribution in [2.24, 2.45) is 0 Å². The summed E-state index contributed by atoms with van der Waals surface area (Å²) in [6.45, 7) is 0.349. The van der Waals surface area contributed by atoms with Crippen LogP contribution in [0.3, 0.4) is 0 Å². The van der Waals surface area contributed by atoms with Crippen LogP contribution in [0, 0.1) is 0 Å². The molecule has 3 rings (SSSR count). The molecule has 0 saturated heterocycles. The molecule has 0 aliphatic heterocycles. The van der Waals surface area contributed by atoms with E-state index in [9.17, 15) is 9.59 Å². The molecule has 3 aromatic carbocycles. The molecule has 0 heterocycles. The number of fused-ring (bicyclic) bond motifs is 1. The van der Waals surface area contributed by atoms with Crippen LogP contribution in [-0.4, -0.2) is 30.7 Å². The number of nitrogens with zero attached hydrogens (tertiary/aromatic N) is 1. The van der Waals surface area contributed by atoms with E-state index in [-0.39, 0.29) is 12.5 Å². The first-order chi connectivity index (χ1) is 12.6. The number of amides is 1. The highest BCUT2D eigenvalue weighted by molar-refractivity contribution is 9.10. The van der Waals surface area contributed by atoms with Crippen molar-refractivity contribution in [3.05, 3.63) is 76.3 Å². The summed E-state index contributed by atoms with van der Waals surface area (Å²) >= 11 is 3.48. The average molecular weight is 412 g/mol. The van der Waals surface area contributed by atoms with Gasteiger partial charge in [-0.05, 0) is 28.5 Å². The quantitative estimate of drug-likeness (QED) is 0.562. The van der Waals surface area contributed by atoms with Crippen molar-refractivity contribution >= 4 is 38.9 Å². The van der Waals surface area contributed by atoms with Gasteiger partial charge in [0.15, 0.2) is 12.9 Å². The Morgan fingerprint density at radius 3 is 2.58 bits per heavy atom. The molecule has 0 radical (unpaired) electrons. The Hall–Kier alpha value is -2.66. The minimum Gasteiger partial charge on any atom is -0.483 e. The second-order valence-corrected chi connectivity index (χ2v) is 6.80. The SMILES string of the molecule is CN(Cc1ccccc1Br)C(=O)COc1ccc2ccccc2c1C=O. The van der Waals surface area contributed by atoms with Gasteiger partial charge in [0.05, 0.1) is 5.56 Å². The molecule has 0 spiro atoms. The maximum Gasteiger partial charge on any atom is 0.260 e. The Balaban J connectivity index is 1.70. The van der Waals surface area contributed by atoms with Gasteiger partial charge in [0.1, 0.15) is 5.75 Å². The Kier molecular flexibility index (Phi) is 5.68. The molecule has 0 aliphatic carbocycles. The fourth-order valence-electron chi connectivity index (χ4n) is 2.74. The molecule has 132 valence electrons. The van der Waals surface area contributed by atoms with Crippen molar-refractivity contribution in [3.63, 3.8) is 0 Å². The second-order valence-electron chi connectivity index (χ2n) is 5.95. The monoisotopic (exact) mass is 411 g/mol. The molecule has 0 N–H and O–H groups in total. The zero-order valence-electron chi connectivity index (χ0n) is 14.3. The summed E-state index contributed by atoms with van der Waals surface area (Å²) < 4.78 is 6.61. The first-order valence-electron chi connectivity index (χ1n) is 8.17. The summed E-state index contributed by atoms with van der Waals surface area (Å²) in [7, 11) is 1.73. The van der Waals surface area contributed by atoms with Crippen LogP contribution >= 0.6 is 15.9 Å². The highest BCUT2D eigenvalue weighted by Gasteiger charge is 2.14. The maximum atomic E-state index is 12.4. The van der Waals surface area contributed by atoms with Gasteiger partial charge in [-0.25, -0.2) is 0 Å². The number of hydrogen-bond donors (Lipinski definition) is 0. The van der Waals surface area contributed by atoms with Gasteiger partial charge < -0.3 is 9.64 Å². The lowest BCUT2D eigenvalue weighted by Crippen LogP contribution is -2.31. The van der Waals surface area contributed by atoms with Gasteiger partial charge in [0.2, 0.25) is 0 Å². The molecule has 26 heavy (non-hydrogen) atoms. The van der Waals surface area contributed by atoms with E-state index in [0.29, 0.717) is 17.9 Å². The third kappa shape index (κ3) is 3.94. The van der Waals surface area contributed by atoms with Crippen molar-refractivity contribution in [1.29, 1.82) is 0 Å². The van der Waals surface area contributed by atoms with E-state index < -0.39 is 0 Å². The van der Waals surface area contributed by atoms with E-state index in [1.54, 1.807) is 18.0 Å². The molecule has 0 bridgehead atoms. The predicted octanol–water partition coefficient (Wildman–Crippen LogP) is 4.45. The lowest BCUT2D eigenvalue weighted by molar-refractivity contribution is -0.132. The first-order valence-corrected chi connectivity index (χ1v) is 8.96. The van der Waals surface area contributed by atoms with Gasteiger partial charge in [0.25, 0.3) is 5.91 Å². The van der Waals surface area contributed by atoms with Crippen LogP contribution in [0.5, 0.6) is 5.75 Å². The zero-order valence-corrected chi connectivity index (χ0v) is 15.9. The number of likely N-dealkylation sites (N-methyl/N-ethyl adjacent to an activating group) is 1. The van der Waals surface area contributed by atoms with E-state index in [1.807, 2.05) is 54.6 Å². The van der Waals surface area contributed by atoms with Gasteiger partial charge in [0, 0.05) is 18.1 Å². The van der Waals surface area contributed by atoms with E-state index >= 15 is 0 Å². The van der Waals surface area contributed by atoms with E-state index in [1.165, 1.54) is 0 Å². The first kappa shape index (κ1) is 18.1. The topological polar surface area (TPSA) is 46.6 Å². The molecule has 0 aromatic heterocycles. The van der Waals surface area contributed by atoms with Crippen molar-refractivity contribution in [1.82, 2.24) is 4.90 Å². The number of halogens is 1. The number of ether oxygens (including phenoxy) is 1. The average Bonchev–Trinajstić information content (AvgIpc) is 2.67. The Bertz CT molecular complexity index is 955. The van der Waals surface area contributed by atoms with Crippen molar-refractivity contribution in [3.8, 4) is 5.75 Å². The fraction of sp³-hybridized carbons (Fsp3) is 0.143. The normalized spacial score (nSPS) is 10.5. The van der Waals surface area contributed by atoms with Crippen LogP contribution < -0.4 is 4.74 Å². The Morgan fingerprint density at radius 1 is 1.08 bits per heavy atom. The second kappa shape index (κ2) is 8.15. The van der Waals surface area contributed by atoms with Crippen LogP contribution in [-0.2, 0) is 11.3 Å². The van der Waals surface area contributed by atoms with E-state index in [4.69, 9.17) is 4.74 Å². The largest absolute Gasteiger partial charge is 0.483 e. The molecule has 0 unspecified atom stereocenters. The molecule has 0 aliphatic rings. The number of hydrogen-bond acceptors (Lipinski definition) is 3. The molecule has 0 atom stereocenters. The minimum absolute atomic E-state index is 0.125. The highest BCUT2D eigenvalue weighted by atomic mass is 79.9. The summed E-state index contributed by atoms with van der Waals surface area (Å²) in [5.74, 6) is 0.257. The van der Waals surface area contributed by atoms with E-state index in [2.05, 4.69) is 15.9 Å². The highest BCUT2D eigenvalue weighted by Crippen LogP contribution is 2.26. The lowest BCUT2D eigenvalue weighted by Gasteiger charge is -2.19. The number of rotatable bonds is 6. The summed E-state index contributed by atoms with van der Waals surface area (Å²) in [6.07, 6.45) is 0.771. The maximum absolute atomic E-state index is 12.4. The smallest absolute Gasteiger partial charge is 0.260 e. The fourth-order valence-corrected chi connectivity index (χ4v) is 3.15. The van der Waals surface area contributed by atoms with Crippen LogP contribution in [0.2, 0.25) is 0 Å². The van der Waals surface area contributed by atoms with E-state index in [0.717, 1.165) is 27.1 Å². The van der Waals surface area contributed by atoms with Gasteiger partial charge in [-0.2, -0.15) is 0 Å². The lowest BCUT2D eigenvalue weighted by atomic mass is 10.0. The number of benzene rings is 3. The predicted molar refractivity (Wildman–Crippen MR) is 105 cm³/mol. The summed E-state index contributed by atoms with van der Waals surface area (Å²) in [6, 6.07) is 19.0. The molecule has 1 amide bonds. The summed E-state index contributed by atoms with van der Waals surface area (Å²) in [4.78, 5) is 25.5. The summed E-state index contributed by atoms with van der Waals surface area (Å²) in [5.41, 5.74) is 1.48. The molecule has 5 heteroatoms. The molecular weight excluding hydrogens is 394 g/mol. The molecule has 3 aromatic rings.